The third kappa shape index (κ3) is 7.11. The maximum absolute atomic E-state index is 14.1. The van der Waals surface area contributed by atoms with Crippen LogP contribution in [0.3, 0.4) is 0 Å². The Balaban J connectivity index is 1.41. The van der Waals surface area contributed by atoms with E-state index in [9.17, 15) is 31.2 Å². The van der Waals surface area contributed by atoms with Gasteiger partial charge < -0.3 is 4.90 Å². The van der Waals surface area contributed by atoms with Gasteiger partial charge in [-0.1, -0.05) is 11.6 Å². The quantitative estimate of drug-likeness (QED) is 0.133. The molecule has 0 aromatic heterocycles. The molecule has 2 aromatic rings. The van der Waals surface area contributed by atoms with Crippen molar-refractivity contribution < 1.29 is 31.2 Å². The van der Waals surface area contributed by atoms with Crippen molar-refractivity contribution in [1.29, 1.82) is 0 Å². The van der Waals surface area contributed by atoms with Crippen molar-refractivity contribution in [2.24, 2.45) is 5.41 Å². The number of amides is 2. The standard InChI is InChI=1S/C27H29Cl3F3IN2O4S/c1-35(2)24(37)22-4-3-21(16-23(22)30)41(39,40)20-5-7-26(8-6-20)9-11-36(12-10-26)25(38)34(27(31,32)33)19-14-17(28)13-18(29)15-19/h3-4,13-16,20H,5-12H2,1-2H3. The van der Waals surface area contributed by atoms with Gasteiger partial charge in [-0.25, -0.2) is 0 Å². The molecular weight excluding hydrogens is 739 g/mol. The van der Waals surface area contributed by atoms with Crippen LogP contribution in [0.1, 0.15) is 48.9 Å². The first-order chi connectivity index (χ1) is 19.0. The number of hydrogen-bond donors (Lipinski definition) is 0. The molecule has 1 spiro atoms. The Morgan fingerprint density at radius 2 is 1.51 bits per heavy atom. The van der Waals surface area contributed by atoms with Crippen LogP contribution in [-0.2, 0) is 9.84 Å². The molecule has 0 bridgehead atoms. The van der Waals surface area contributed by atoms with Crippen LogP contribution in [0.2, 0.25) is 15.1 Å². The molecule has 0 atom stereocenters. The Hall–Kier alpha value is -1.28. The van der Waals surface area contributed by atoms with Crippen LogP contribution in [0.25, 0.3) is 0 Å². The van der Waals surface area contributed by atoms with Gasteiger partial charge in [0.25, 0.3) is 5.91 Å². The monoisotopic (exact) mass is 766 g/mol. The van der Waals surface area contributed by atoms with E-state index in [2.05, 4.69) is 0 Å². The zero-order valence-corrected chi connectivity index (χ0v) is 27.5. The van der Waals surface area contributed by atoms with E-state index in [-0.39, 0.29) is 53.5 Å². The summed E-state index contributed by atoms with van der Waals surface area (Å²) in [4.78, 5) is 28.2. The summed E-state index contributed by atoms with van der Waals surface area (Å²) < 4.78 is 63.4. The summed E-state index contributed by atoms with van der Waals surface area (Å²) in [7, 11) is -0.552. The summed E-state index contributed by atoms with van der Waals surface area (Å²) in [5.41, 5.74) is -0.00630. The molecule has 2 amide bonds. The Labute approximate surface area is 259 Å². The average molecular weight is 768 g/mol. The minimum atomic E-state index is -4.67. The summed E-state index contributed by atoms with van der Waals surface area (Å²) in [6.07, 6.45) is 3.00. The molecule has 14 heteroatoms. The van der Waals surface area contributed by atoms with Gasteiger partial charge in [-0.3, -0.25) is 4.79 Å². The summed E-state index contributed by atoms with van der Waals surface area (Å²) >= 11 is 13.8. The zero-order valence-electron chi connectivity index (χ0n) is 22.3. The molecule has 6 nitrogen and oxygen atoms in total. The van der Waals surface area contributed by atoms with Crippen LogP contribution in [0.5, 0.6) is 0 Å². The molecule has 4 rings (SSSR count). The third-order valence-corrected chi connectivity index (χ3v) is 15.5. The van der Waals surface area contributed by atoms with Crippen LogP contribution < -0.4 is 0 Å². The molecule has 0 N–H and O–H groups in total. The molecular formula is C27H29Cl3F3IN2O4S. The van der Waals surface area contributed by atoms with Crippen LogP contribution in [0.15, 0.2) is 41.3 Å². The van der Waals surface area contributed by atoms with Gasteiger partial charge in [0.15, 0.2) is 0 Å². The topological polar surface area (TPSA) is 74.8 Å². The van der Waals surface area contributed by atoms with E-state index in [0.717, 1.165) is 0 Å². The van der Waals surface area contributed by atoms with Crippen LogP contribution in [0.4, 0.5) is 18.0 Å². The first-order valence-electron chi connectivity index (χ1n) is 12.8. The predicted octanol–water partition coefficient (Wildman–Crippen LogP) is 8.16. The van der Waals surface area contributed by atoms with Gasteiger partial charge in [-0.2, -0.15) is 0 Å². The van der Waals surface area contributed by atoms with Gasteiger partial charge in [-0.15, -0.1) is 0 Å². The van der Waals surface area contributed by atoms with E-state index in [1.54, 1.807) is 14.1 Å². The molecule has 2 fully saturated rings. The number of piperidine rings is 1. The molecule has 1 heterocycles. The summed E-state index contributed by atoms with van der Waals surface area (Å²) in [6.45, 7) is 0.372. The first-order valence-corrected chi connectivity index (χ1v) is 18.7. The smallest absolute Gasteiger partial charge is 0.0834 e. The Bertz CT molecular complexity index is 1420. The van der Waals surface area contributed by atoms with Gasteiger partial charge >= 0.3 is 214 Å². The fourth-order valence-electron chi connectivity index (χ4n) is 5.51. The molecule has 0 unspecified atom stereocenters. The van der Waals surface area contributed by atoms with Crippen molar-refractivity contribution in [3.8, 4) is 0 Å². The van der Waals surface area contributed by atoms with Crippen molar-refractivity contribution in [1.82, 2.24) is 9.80 Å². The normalized spacial score (nSPS) is 18.3. The molecule has 226 valence electrons. The van der Waals surface area contributed by atoms with Gasteiger partial charge in [-0.05, 0) is 0 Å². The maximum atomic E-state index is 14.1. The number of carbonyl (C=O) groups excluding carboxylic acids is 2. The average Bonchev–Trinajstić information content (AvgIpc) is 2.87. The van der Waals surface area contributed by atoms with E-state index in [0.29, 0.717) is 38.5 Å². The van der Waals surface area contributed by atoms with Gasteiger partial charge in [0, 0.05) is 14.1 Å². The SMILES string of the molecule is CN(C)C(=O)c1ccc(S(=O)(=O)C2CCC3(CC2)CCN(C(=O)I(c2cc(Cl)cc(Cl)c2)C(F)(F)F)CC3)cc1Cl. The van der Waals surface area contributed by atoms with Gasteiger partial charge in [0.2, 0.25) is 0 Å². The summed E-state index contributed by atoms with van der Waals surface area (Å²) in [5, 5.41) is -0.460. The Kier molecular flexibility index (Phi) is 9.85. The number of alkyl halides is 4. The molecule has 41 heavy (non-hydrogen) atoms. The number of nitrogens with zero attached hydrogens (tertiary/aromatic N) is 2. The van der Waals surface area contributed by atoms with E-state index in [4.69, 9.17) is 34.8 Å². The third-order valence-electron chi connectivity index (χ3n) is 7.83. The Morgan fingerprint density at radius 1 is 0.951 bits per heavy atom. The molecule has 1 saturated carbocycles. The zero-order chi connectivity index (χ0) is 30.3. The van der Waals surface area contributed by atoms with Crippen molar-refractivity contribution in [2.45, 2.75) is 52.9 Å². The first kappa shape index (κ1) is 32.6. The fraction of sp³-hybridized carbons (Fsp3) is 0.481. The van der Waals surface area contributed by atoms with Gasteiger partial charge in [0.05, 0.1) is 5.56 Å². The van der Waals surface area contributed by atoms with Crippen LogP contribution in [-0.4, -0.2) is 64.7 Å². The van der Waals surface area contributed by atoms with Crippen LogP contribution >= 0.6 is 54.6 Å². The second-order valence-electron chi connectivity index (χ2n) is 10.6. The Morgan fingerprint density at radius 3 is 2.00 bits per heavy atom. The fourth-order valence-corrected chi connectivity index (χ4v) is 12.7. The molecule has 1 saturated heterocycles. The molecule has 2 aromatic carbocycles. The van der Waals surface area contributed by atoms with E-state index in [1.165, 1.54) is 46.2 Å². The minimum Gasteiger partial charge on any atom is -0.0834 e. The minimum absolute atomic E-state index is 0.0522. The summed E-state index contributed by atoms with van der Waals surface area (Å²) in [6, 6.07) is 7.83. The molecule has 2 aliphatic rings. The van der Waals surface area contributed by atoms with Crippen molar-refractivity contribution in [2.75, 3.05) is 27.2 Å². The van der Waals surface area contributed by atoms with E-state index < -0.39 is 43.0 Å². The number of hydrogen-bond acceptors (Lipinski definition) is 4. The number of likely N-dealkylation sites (tertiary alicyclic amines) is 1. The second-order valence-corrected chi connectivity index (χ2v) is 19.1. The molecule has 1 aliphatic carbocycles. The second kappa shape index (κ2) is 12.4. The predicted molar refractivity (Wildman–Crippen MR) is 163 cm³/mol. The number of sulfone groups is 1. The summed E-state index contributed by atoms with van der Waals surface area (Å²) in [5.74, 6) is -0.329. The number of benzene rings is 2. The van der Waals surface area contributed by atoms with E-state index in [1.807, 2.05) is 0 Å². The van der Waals surface area contributed by atoms with Gasteiger partial charge in [0.1, 0.15) is 0 Å². The molecule has 1 aliphatic heterocycles. The number of rotatable bonds is 5. The van der Waals surface area contributed by atoms with Crippen molar-refractivity contribution in [3.05, 3.63) is 60.6 Å². The van der Waals surface area contributed by atoms with Crippen molar-refractivity contribution in [3.63, 3.8) is 0 Å². The van der Waals surface area contributed by atoms with Crippen LogP contribution in [0, 0.1) is 8.99 Å². The number of carbonyl (C=O) groups is 2. The van der Waals surface area contributed by atoms with Crippen molar-refractivity contribution >= 4 is 74.3 Å². The number of halogens is 7. The molecule has 0 radical (unpaired) electrons. The van der Waals surface area contributed by atoms with E-state index >= 15 is 0 Å².